The van der Waals surface area contributed by atoms with Crippen LogP contribution < -0.4 is 28.1 Å². The summed E-state index contributed by atoms with van der Waals surface area (Å²) in [5.74, 6) is 0. The fourth-order valence-electron chi connectivity index (χ4n) is 5.05. The van der Waals surface area contributed by atoms with E-state index >= 15 is 0 Å². The Morgan fingerprint density at radius 3 is 2.58 bits per heavy atom. The van der Waals surface area contributed by atoms with Crippen molar-refractivity contribution in [3.05, 3.63) is 93.6 Å². The fourth-order valence-corrected chi connectivity index (χ4v) is 13.1. The van der Waals surface area contributed by atoms with E-state index in [-0.39, 0.29) is 24.8 Å². The molecule has 0 aliphatic heterocycles. The minimum atomic E-state index is -2.40. The van der Waals surface area contributed by atoms with E-state index in [0.717, 1.165) is 6.42 Å². The molecule has 1 nitrogen and oxygen atoms in total. The number of aromatic nitrogens is 1. The molecule has 0 amide bonds. The summed E-state index contributed by atoms with van der Waals surface area (Å²) in [5.41, 5.74) is 9.83. The van der Waals surface area contributed by atoms with Crippen LogP contribution in [0.5, 0.6) is 0 Å². The van der Waals surface area contributed by atoms with Crippen molar-refractivity contribution < 1.29 is 44.5 Å². The molecule has 1 heterocycles. The van der Waals surface area contributed by atoms with Gasteiger partial charge in [-0.05, 0) is 0 Å². The van der Waals surface area contributed by atoms with Gasteiger partial charge in [-0.1, -0.05) is 0 Å². The molecule has 1 atom stereocenters. The Kier molecular flexibility index (Phi) is 6.61. The standard InChI is InChI=1S/C16H11BrN.C9H7.2ClH.S.Zr/c1-18-14-5-3-2-4-13(14)16-12-7-6-11(17)8-10(12)9-15(16)18;1-2-5-9-7-3-6-8(9)4-1;;;;/h2-6,8H,9H2,1H3;1-7H;2*1H;;/q;;;;;+2/p-2. The van der Waals surface area contributed by atoms with Gasteiger partial charge in [-0.25, -0.2) is 0 Å². The Labute approximate surface area is 214 Å². The molecule has 0 spiro atoms. The van der Waals surface area contributed by atoms with Gasteiger partial charge < -0.3 is 24.8 Å². The van der Waals surface area contributed by atoms with Crippen LogP contribution in [0.3, 0.4) is 0 Å². The van der Waals surface area contributed by atoms with E-state index in [1.54, 1.807) is 0 Å². The van der Waals surface area contributed by atoms with Gasteiger partial charge in [-0.2, -0.15) is 0 Å². The molecular formula is C25H18BrCl2NSZr. The summed E-state index contributed by atoms with van der Waals surface area (Å²) in [6.07, 6.45) is 5.64. The minimum Gasteiger partial charge on any atom is -1.00 e. The maximum absolute atomic E-state index is 6.42. The van der Waals surface area contributed by atoms with Gasteiger partial charge in [0, 0.05) is 0 Å². The van der Waals surface area contributed by atoms with Crippen LogP contribution in [0.4, 0.5) is 0 Å². The summed E-state index contributed by atoms with van der Waals surface area (Å²) in [5, 5.41) is 1.36. The molecule has 1 aromatic heterocycles. The molecule has 0 radical (unpaired) electrons. The zero-order chi connectivity index (χ0) is 19.7. The van der Waals surface area contributed by atoms with Crippen LogP contribution in [-0.2, 0) is 33.2 Å². The Bertz CT molecular complexity index is 1390. The third-order valence-electron chi connectivity index (χ3n) is 6.37. The van der Waals surface area contributed by atoms with Crippen molar-refractivity contribution in [3.8, 4) is 11.1 Å². The van der Waals surface area contributed by atoms with Crippen LogP contribution in [0.2, 0.25) is 0 Å². The van der Waals surface area contributed by atoms with Crippen molar-refractivity contribution in [2.45, 2.75) is 10.0 Å². The average molecular weight is 607 g/mol. The monoisotopic (exact) mass is 603 g/mol. The number of nitrogens with zero attached hydrogens (tertiary/aromatic N) is 1. The molecule has 0 saturated heterocycles. The number of allylic oxidation sites excluding steroid dienone is 1. The molecule has 0 bridgehead atoms. The van der Waals surface area contributed by atoms with Gasteiger partial charge in [0.25, 0.3) is 0 Å². The van der Waals surface area contributed by atoms with Gasteiger partial charge in [0.05, 0.1) is 0 Å². The topological polar surface area (TPSA) is 4.93 Å². The first kappa shape index (κ1) is 23.3. The normalized spacial score (nSPS) is 14.8. The van der Waals surface area contributed by atoms with Gasteiger partial charge in [0.1, 0.15) is 0 Å². The van der Waals surface area contributed by atoms with Crippen molar-refractivity contribution >= 4 is 45.0 Å². The largest absolute Gasteiger partial charge is 1.00 e. The van der Waals surface area contributed by atoms with E-state index in [1.807, 2.05) is 0 Å². The molecule has 2 aliphatic carbocycles. The first-order valence-electron chi connectivity index (χ1n) is 9.84. The second-order valence-corrected chi connectivity index (χ2v) is 16.1. The summed E-state index contributed by atoms with van der Waals surface area (Å²) < 4.78 is 5.44. The molecule has 6 heteroatoms. The smallest absolute Gasteiger partial charge is 1.00 e. The molecular weight excluding hydrogens is 588 g/mol. The third-order valence-corrected chi connectivity index (χ3v) is 14.5. The summed E-state index contributed by atoms with van der Waals surface area (Å²) in [7, 11) is 8.62. The van der Waals surface area contributed by atoms with Gasteiger partial charge in [-0.3, -0.25) is 0 Å². The van der Waals surface area contributed by atoms with Crippen molar-refractivity contribution in [2.24, 2.45) is 7.05 Å². The van der Waals surface area contributed by atoms with Crippen LogP contribution in [0.1, 0.15) is 26.0 Å². The molecule has 31 heavy (non-hydrogen) atoms. The fraction of sp³-hybridized carbons (Fsp3) is 0.120. The van der Waals surface area contributed by atoms with Crippen molar-refractivity contribution in [1.82, 2.24) is 4.57 Å². The van der Waals surface area contributed by atoms with E-state index in [2.05, 4.69) is 100 Å². The molecule has 154 valence electrons. The van der Waals surface area contributed by atoms with Gasteiger partial charge in [-0.15, -0.1) is 0 Å². The quantitative estimate of drug-likeness (QED) is 0.286. The molecule has 6 rings (SSSR count). The van der Waals surface area contributed by atoms with E-state index in [0.29, 0.717) is 3.63 Å². The Morgan fingerprint density at radius 1 is 1.00 bits per heavy atom. The number of aryl methyl sites for hydroxylation is 1. The van der Waals surface area contributed by atoms with Crippen molar-refractivity contribution in [3.63, 3.8) is 0 Å². The zero-order valence-corrected chi connectivity index (χ0v) is 23.1. The maximum atomic E-state index is 6.42. The predicted octanol–water partition coefficient (Wildman–Crippen LogP) is 0.644. The third kappa shape index (κ3) is 3.50. The van der Waals surface area contributed by atoms with E-state index in [1.165, 1.54) is 52.2 Å². The van der Waals surface area contributed by atoms with E-state index in [4.69, 9.17) is 8.86 Å². The summed E-state index contributed by atoms with van der Waals surface area (Å²) in [6, 6.07) is 22.2. The molecule has 4 aromatic rings. The summed E-state index contributed by atoms with van der Waals surface area (Å²) in [4.78, 5) is 0. The van der Waals surface area contributed by atoms with Crippen LogP contribution in [0.15, 0.2) is 71.2 Å². The average Bonchev–Trinajstić information content (AvgIpc) is 3.40. The Balaban J connectivity index is 0.00000116. The predicted molar refractivity (Wildman–Crippen MR) is 124 cm³/mol. The summed E-state index contributed by atoms with van der Waals surface area (Å²) in [6.45, 7) is 0. The molecule has 0 saturated carbocycles. The van der Waals surface area contributed by atoms with Gasteiger partial charge in [0.2, 0.25) is 0 Å². The Morgan fingerprint density at radius 2 is 1.74 bits per heavy atom. The van der Waals surface area contributed by atoms with Crippen LogP contribution in [0.25, 0.3) is 28.1 Å². The van der Waals surface area contributed by atoms with Crippen LogP contribution in [0, 0.1) is 0 Å². The summed E-state index contributed by atoms with van der Waals surface area (Å²) >= 11 is 1.39. The number of benzene rings is 3. The van der Waals surface area contributed by atoms with Gasteiger partial charge in [0.15, 0.2) is 0 Å². The molecule has 3 aromatic carbocycles. The second-order valence-electron chi connectivity index (χ2n) is 7.89. The first-order chi connectivity index (χ1) is 14.1. The minimum absolute atomic E-state index is 0. The molecule has 2 aliphatic rings. The van der Waals surface area contributed by atoms with Gasteiger partial charge >= 0.3 is 191 Å². The molecule has 0 N–H and O–H groups in total. The number of para-hydroxylation sites is 1. The maximum Gasteiger partial charge on any atom is -1.00 e. The number of halogens is 3. The number of hydrogen-bond acceptors (Lipinski definition) is 1. The van der Waals surface area contributed by atoms with Crippen LogP contribution >= 0.6 is 24.8 Å². The number of fused-ring (bicyclic) bond motifs is 6. The number of hydrogen-bond donors (Lipinski definition) is 0. The molecule has 1 unspecified atom stereocenters. The SMILES string of the molecule is Cn1c2c(c3ccccc31)-c1c(cc(Br)c[c]1[Zr+2](=[S])[CH]1C=Cc3ccccc31)C2.[Cl-].[Cl-]. The zero-order valence-electron chi connectivity index (χ0n) is 16.7. The van der Waals surface area contributed by atoms with Crippen molar-refractivity contribution in [2.75, 3.05) is 0 Å². The van der Waals surface area contributed by atoms with Crippen LogP contribution in [-0.4, -0.2) is 4.57 Å². The van der Waals surface area contributed by atoms with E-state index in [9.17, 15) is 0 Å². The van der Waals surface area contributed by atoms with Crippen molar-refractivity contribution in [1.29, 1.82) is 0 Å². The number of rotatable bonds is 2. The van der Waals surface area contributed by atoms with E-state index < -0.39 is 19.7 Å². The first-order valence-corrected chi connectivity index (χ1v) is 16.7. The molecule has 0 fully saturated rings. The Hall–Kier alpha value is -0.897. The second kappa shape index (κ2) is 8.80.